The van der Waals surface area contributed by atoms with Crippen molar-refractivity contribution in [1.82, 2.24) is 9.80 Å². The molecule has 0 aromatic heterocycles. The summed E-state index contributed by atoms with van der Waals surface area (Å²) in [4.78, 5) is 4.91. The number of nitrogens with two attached hydrogens (primary N) is 1. The average molecular weight is 277 g/mol. The van der Waals surface area contributed by atoms with Crippen LogP contribution >= 0.6 is 0 Å². The number of nitrogens with zero attached hydrogens (tertiary/aromatic N) is 2. The maximum absolute atomic E-state index is 6.29. The standard InChI is InChI=1S/C16H27N3O/c1-12-11-18(3)8-9-19(12)16(13(2)17)14-6-5-7-15(10-14)20-4/h5-7,10,12-13,16H,8-9,11,17H2,1-4H3. The minimum atomic E-state index is 0.0907. The van der Waals surface area contributed by atoms with Gasteiger partial charge in [0.2, 0.25) is 0 Å². The molecule has 1 fully saturated rings. The Kier molecular flexibility index (Phi) is 5.02. The highest BCUT2D eigenvalue weighted by Crippen LogP contribution is 2.29. The molecule has 2 rings (SSSR count). The molecule has 0 aliphatic carbocycles. The van der Waals surface area contributed by atoms with Crippen LogP contribution in [0.15, 0.2) is 24.3 Å². The molecule has 3 atom stereocenters. The molecule has 20 heavy (non-hydrogen) atoms. The van der Waals surface area contributed by atoms with E-state index in [4.69, 9.17) is 10.5 Å². The number of benzene rings is 1. The third kappa shape index (κ3) is 3.32. The predicted molar refractivity (Wildman–Crippen MR) is 83.0 cm³/mol. The van der Waals surface area contributed by atoms with Gasteiger partial charge < -0.3 is 15.4 Å². The smallest absolute Gasteiger partial charge is 0.119 e. The molecule has 0 spiro atoms. The molecule has 1 aliphatic rings. The van der Waals surface area contributed by atoms with Gasteiger partial charge in [0, 0.05) is 31.7 Å². The molecular formula is C16H27N3O. The van der Waals surface area contributed by atoms with Crippen molar-refractivity contribution in [2.45, 2.75) is 32.0 Å². The van der Waals surface area contributed by atoms with Gasteiger partial charge in [-0.3, -0.25) is 4.90 Å². The lowest BCUT2D eigenvalue weighted by atomic mass is 9.96. The summed E-state index contributed by atoms with van der Waals surface area (Å²) in [5.74, 6) is 0.898. The van der Waals surface area contributed by atoms with Crippen molar-refractivity contribution in [3.05, 3.63) is 29.8 Å². The summed E-state index contributed by atoms with van der Waals surface area (Å²) in [5, 5.41) is 0. The zero-order chi connectivity index (χ0) is 14.7. The first-order valence-corrected chi connectivity index (χ1v) is 7.36. The van der Waals surface area contributed by atoms with Crippen LogP contribution in [0.5, 0.6) is 5.75 Å². The maximum Gasteiger partial charge on any atom is 0.119 e. The Labute approximate surface area is 122 Å². The Bertz CT molecular complexity index is 435. The molecule has 3 unspecified atom stereocenters. The third-order valence-corrected chi connectivity index (χ3v) is 4.17. The van der Waals surface area contributed by atoms with E-state index in [1.807, 2.05) is 12.1 Å². The monoisotopic (exact) mass is 277 g/mol. The molecule has 1 aromatic carbocycles. The van der Waals surface area contributed by atoms with Crippen molar-refractivity contribution in [3.63, 3.8) is 0 Å². The number of rotatable bonds is 4. The van der Waals surface area contributed by atoms with E-state index in [2.05, 4.69) is 42.8 Å². The highest BCUT2D eigenvalue weighted by atomic mass is 16.5. The first kappa shape index (κ1) is 15.3. The third-order valence-electron chi connectivity index (χ3n) is 4.17. The van der Waals surface area contributed by atoms with Gasteiger partial charge in [-0.25, -0.2) is 0 Å². The van der Waals surface area contributed by atoms with E-state index in [1.54, 1.807) is 7.11 Å². The normalized spacial score (nSPS) is 24.4. The molecule has 0 bridgehead atoms. The maximum atomic E-state index is 6.29. The predicted octanol–water partition coefficient (Wildman–Crippen LogP) is 1.72. The average Bonchev–Trinajstić information content (AvgIpc) is 2.41. The Hall–Kier alpha value is -1.10. The summed E-state index contributed by atoms with van der Waals surface area (Å²) in [6.45, 7) is 7.62. The van der Waals surface area contributed by atoms with Crippen molar-refractivity contribution < 1.29 is 4.74 Å². The van der Waals surface area contributed by atoms with Gasteiger partial charge in [-0.05, 0) is 38.6 Å². The van der Waals surface area contributed by atoms with Crippen molar-refractivity contribution >= 4 is 0 Å². The van der Waals surface area contributed by atoms with Crippen LogP contribution in [0.4, 0.5) is 0 Å². The summed E-state index contributed by atoms with van der Waals surface area (Å²) < 4.78 is 5.35. The van der Waals surface area contributed by atoms with E-state index in [1.165, 1.54) is 5.56 Å². The summed E-state index contributed by atoms with van der Waals surface area (Å²) in [6, 6.07) is 9.14. The van der Waals surface area contributed by atoms with Gasteiger partial charge in [-0.2, -0.15) is 0 Å². The van der Waals surface area contributed by atoms with Crippen molar-refractivity contribution in [3.8, 4) is 5.75 Å². The van der Waals surface area contributed by atoms with Crippen LogP contribution in [-0.4, -0.2) is 55.7 Å². The fourth-order valence-corrected chi connectivity index (χ4v) is 3.19. The molecule has 1 saturated heterocycles. The van der Waals surface area contributed by atoms with E-state index < -0.39 is 0 Å². The summed E-state index contributed by atoms with van der Waals surface area (Å²) in [6.07, 6.45) is 0. The van der Waals surface area contributed by atoms with Crippen LogP contribution in [-0.2, 0) is 0 Å². The van der Waals surface area contributed by atoms with Crippen molar-refractivity contribution in [2.24, 2.45) is 5.73 Å². The second-order valence-electron chi connectivity index (χ2n) is 5.93. The lowest BCUT2D eigenvalue weighted by Crippen LogP contribution is -2.54. The zero-order valence-electron chi connectivity index (χ0n) is 13.0. The molecule has 2 N–H and O–H groups in total. The Morgan fingerprint density at radius 1 is 1.35 bits per heavy atom. The van der Waals surface area contributed by atoms with Gasteiger partial charge in [0.1, 0.15) is 5.75 Å². The largest absolute Gasteiger partial charge is 0.497 e. The lowest BCUT2D eigenvalue weighted by Gasteiger charge is -2.44. The van der Waals surface area contributed by atoms with Gasteiger partial charge in [0.05, 0.1) is 13.2 Å². The number of methoxy groups -OCH3 is 1. The molecule has 1 heterocycles. The molecule has 0 saturated carbocycles. The molecule has 112 valence electrons. The van der Waals surface area contributed by atoms with Crippen LogP contribution < -0.4 is 10.5 Å². The van der Waals surface area contributed by atoms with Crippen LogP contribution in [0.3, 0.4) is 0 Å². The molecule has 0 amide bonds. The van der Waals surface area contributed by atoms with E-state index in [-0.39, 0.29) is 12.1 Å². The Morgan fingerprint density at radius 3 is 2.70 bits per heavy atom. The van der Waals surface area contributed by atoms with Gasteiger partial charge in [0.25, 0.3) is 0 Å². The number of likely N-dealkylation sites (N-methyl/N-ethyl adjacent to an activating group) is 1. The summed E-state index contributed by atoms with van der Waals surface area (Å²) >= 11 is 0. The Balaban J connectivity index is 2.26. The second kappa shape index (κ2) is 6.57. The number of hydrogen-bond acceptors (Lipinski definition) is 4. The first-order valence-electron chi connectivity index (χ1n) is 7.36. The van der Waals surface area contributed by atoms with Gasteiger partial charge >= 0.3 is 0 Å². The highest BCUT2D eigenvalue weighted by Gasteiger charge is 2.31. The van der Waals surface area contributed by atoms with Gasteiger partial charge in [-0.1, -0.05) is 12.1 Å². The van der Waals surface area contributed by atoms with Crippen LogP contribution in [0, 0.1) is 0 Å². The summed E-state index contributed by atoms with van der Waals surface area (Å²) in [7, 11) is 3.89. The topological polar surface area (TPSA) is 41.7 Å². The quantitative estimate of drug-likeness (QED) is 0.910. The number of piperazine rings is 1. The minimum Gasteiger partial charge on any atom is -0.497 e. The van der Waals surface area contributed by atoms with Crippen LogP contribution in [0.25, 0.3) is 0 Å². The van der Waals surface area contributed by atoms with Gasteiger partial charge in [-0.15, -0.1) is 0 Å². The van der Waals surface area contributed by atoms with E-state index in [0.717, 1.165) is 25.4 Å². The fourth-order valence-electron chi connectivity index (χ4n) is 3.19. The SMILES string of the molecule is COc1cccc(C(C(C)N)N2CCN(C)CC2C)c1. The van der Waals surface area contributed by atoms with E-state index in [0.29, 0.717) is 6.04 Å². The highest BCUT2D eigenvalue weighted by molar-refractivity contribution is 5.31. The molecular weight excluding hydrogens is 250 g/mol. The van der Waals surface area contributed by atoms with Crippen LogP contribution in [0.1, 0.15) is 25.5 Å². The van der Waals surface area contributed by atoms with Crippen LogP contribution in [0.2, 0.25) is 0 Å². The lowest BCUT2D eigenvalue weighted by molar-refractivity contribution is 0.0520. The van der Waals surface area contributed by atoms with E-state index >= 15 is 0 Å². The molecule has 1 aromatic rings. The minimum absolute atomic E-state index is 0.0907. The molecule has 0 radical (unpaired) electrons. The Morgan fingerprint density at radius 2 is 2.10 bits per heavy atom. The number of hydrogen-bond donors (Lipinski definition) is 1. The van der Waals surface area contributed by atoms with E-state index in [9.17, 15) is 0 Å². The first-order chi connectivity index (χ1) is 9.52. The zero-order valence-corrected chi connectivity index (χ0v) is 13.0. The summed E-state index contributed by atoms with van der Waals surface area (Å²) in [5.41, 5.74) is 7.54. The van der Waals surface area contributed by atoms with Crippen molar-refractivity contribution in [2.75, 3.05) is 33.8 Å². The fraction of sp³-hybridized carbons (Fsp3) is 0.625. The number of ether oxygens (including phenoxy) is 1. The second-order valence-corrected chi connectivity index (χ2v) is 5.93. The molecule has 4 heteroatoms. The van der Waals surface area contributed by atoms with Crippen molar-refractivity contribution in [1.29, 1.82) is 0 Å². The molecule has 1 aliphatic heterocycles. The van der Waals surface area contributed by atoms with Gasteiger partial charge in [0.15, 0.2) is 0 Å². The molecule has 4 nitrogen and oxygen atoms in total.